The van der Waals surface area contributed by atoms with Gasteiger partial charge in [0.05, 0.1) is 0 Å². The zero-order valence-electron chi connectivity index (χ0n) is 20.0. The maximum Gasteiger partial charge on any atom is 0.410 e. The number of nitrogens with one attached hydrogen (secondary N) is 1. The number of nitrogens with zero attached hydrogens (tertiary/aromatic N) is 3. The lowest BCUT2D eigenvalue weighted by Gasteiger charge is -2.34. The lowest BCUT2D eigenvalue weighted by atomic mass is 10.0. The molecule has 2 amide bonds. The normalized spacial score (nSPS) is 19.5. The van der Waals surface area contributed by atoms with Gasteiger partial charge in [0.15, 0.2) is 0 Å². The lowest BCUT2D eigenvalue weighted by molar-refractivity contribution is 0.0187. The van der Waals surface area contributed by atoms with Crippen LogP contribution in [0.5, 0.6) is 0 Å². The summed E-state index contributed by atoms with van der Waals surface area (Å²) in [7, 11) is 0. The van der Waals surface area contributed by atoms with Crippen molar-refractivity contribution in [2.24, 2.45) is 5.92 Å². The third-order valence-corrected chi connectivity index (χ3v) is 6.48. The molecule has 1 atom stereocenters. The highest BCUT2D eigenvalue weighted by Gasteiger charge is 2.29. The Bertz CT molecular complexity index is 942. The highest BCUT2D eigenvalue weighted by molar-refractivity contribution is 5.92. The van der Waals surface area contributed by atoms with Crippen LogP contribution in [0.1, 0.15) is 56.6 Å². The van der Waals surface area contributed by atoms with E-state index in [1.807, 2.05) is 45.2 Å². The van der Waals surface area contributed by atoms with Gasteiger partial charge in [0.2, 0.25) is 0 Å². The quantitative estimate of drug-likeness (QED) is 0.734. The molecule has 1 aromatic carbocycles. The molecule has 7 heteroatoms. The molecule has 4 rings (SSSR count). The summed E-state index contributed by atoms with van der Waals surface area (Å²) in [4.78, 5) is 29.5. The minimum atomic E-state index is -0.489. The van der Waals surface area contributed by atoms with E-state index < -0.39 is 5.60 Å². The summed E-state index contributed by atoms with van der Waals surface area (Å²) in [6, 6.07) is 14.5. The fraction of sp³-hybridized carbons (Fsp3) is 0.538. The number of para-hydroxylation sites is 1. The zero-order chi connectivity index (χ0) is 23.4. The van der Waals surface area contributed by atoms with Crippen LogP contribution >= 0.6 is 0 Å². The van der Waals surface area contributed by atoms with Crippen LogP contribution in [0.25, 0.3) is 0 Å². The topological polar surface area (TPSA) is 66.8 Å². The molecule has 2 aliphatic rings. The number of hydrogen-bond donors (Lipinski definition) is 1. The molecule has 33 heavy (non-hydrogen) atoms. The average molecular weight is 453 g/mol. The molecule has 3 heterocycles. The first-order chi connectivity index (χ1) is 15.8. The van der Waals surface area contributed by atoms with Crippen LogP contribution in [-0.2, 0) is 4.74 Å². The van der Waals surface area contributed by atoms with E-state index in [4.69, 9.17) is 4.74 Å². The van der Waals surface area contributed by atoms with Gasteiger partial charge >= 0.3 is 6.09 Å². The van der Waals surface area contributed by atoms with Crippen LogP contribution in [0.15, 0.2) is 48.7 Å². The summed E-state index contributed by atoms with van der Waals surface area (Å²) < 4.78 is 7.57. The van der Waals surface area contributed by atoms with Gasteiger partial charge in [-0.3, -0.25) is 4.79 Å². The molecule has 1 unspecified atom stereocenters. The second kappa shape index (κ2) is 9.89. The fourth-order valence-electron chi connectivity index (χ4n) is 4.76. The minimum Gasteiger partial charge on any atom is -0.444 e. The summed E-state index contributed by atoms with van der Waals surface area (Å²) >= 11 is 0. The van der Waals surface area contributed by atoms with Gasteiger partial charge in [0.1, 0.15) is 11.3 Å². The van der Waals surface area contributed by atoms with Crippen molar-refractivity contribution in [2.45, 2.75) is 51.7 Å². The summed E-state index contributed by atoms with van der Waals surface area (Å²) in [6.07, 6.45) is 4.42. The Morgan fingerprint density at radius 1 is 1.00 bits per heavy atom. The van der Waals surface area contributed by atoms with Crippen molar-refractivity contribution >= 4 is 17.7 Å². The van der Waals surface area contributed by atoms with Crippen LogP contribution in [0.4, 0.5) is 10.5 Å². The molecular formula is C26H36N4O3. The molecule has 0 radical (unpaired) electrons. The fourth-order valence-corrected chi connectivity index (χ4v) is 4.76. The molecule has 178 valence electrons. The number of rotatable bonds is 5. The van der Waals surface area contributed by atoms with Crippen molar-refractivity contribution in [1.29, 1.82) is 0 Å². The molecule has 0 saturated carbocycles. The highest BCUT2D eigenvalue weighted by Crippen LogP contribution is 2.26. The number of anilines is 1. The maximum absolute atomic E-state index is 13.0. The molecule has 1 N–H and O–H groups in total. The number of hydrogen-bond acceptors (Lipinski definition) is 4. The number of carbonyl (C=O) groups excluding carboxylic acids is 2. The Hall–Kier alpha value is -2.96. The van der Waals surface area contributed by atoms with Gasteiger partial charge in [-0.25, -0.2) is 4.79 Å². The predicted molar refractivity (Wildman–Crippen MR) is 130 cm³/mol. The SMILES string of the molecule is CC(C)(C)OC(=O)N1CCC(n2cccc2C(=O)NCC2CCN(c3ccccc3)C2)CC1. The van der Waals surface area contributed by atoms with E-state index in [2.05, 4.69) is 39.0 Å². The van der Waals surface area contributed by atoms with Gasteiger partial charge in [-0.1, -0.05) is 18.2 Å². The van der Waals surface area contributed by atoms with E-state index in [0.717, 1.165) is 32.4 Å². The number of benzene rings is 1. The molecule has 1 aromatic heterocycles. The van der Waals surface area contributed by atoms with Gasteiger partial charge in [-0.15, -0.1) is 0 Å². The second-order valence-electron chi connectivity index (χ2n) is 10.1. The van der Waals surface area contributed by atoms with E-state index in [9.17, 15) is 9.59 Å². The molecule has 0 spiro atoms. The van der Waals surface area contributed by atoms with Crippen molar-refractivity contribution < 1.29 is 14.3 Å². The Morgan fingerprint density at radius 3 is 2.42 bits per heavy atom. The first-order valence-electron chi connectivity index (χ1n) is 12.0. The molecule has 2 saturated heterocycles. The summed E-state index contributed by atoms with van der Waals surface area (Å²) in [5, 5.41) is 3.16. The smallest absolute Gasteiger partial charge is 0.410 e. The largest absolute Gasteiger partial charge is 0.444 e. The highest BCUT2D eigenvalue weighted by atomic mass is 16.6. The Balaban J connectivity index is 1.27. The molecule has 0 aliphatic carbocycles. The Morgan fingerprint density at radius 2 is 1.73 bits per heavy atom. The van der Waals surface area contributed by atoms with Gasteiger partial charge < -0.3 is 24.4 Å². The standard InChI is InChI=1S/C26H36N4O3/c1-26(2,3)33-25(32)28-16-12-22(13-17-28)30-14-7-10-23(30)24(31)27-18-20-11-15-29(19-20)21-8-5-4-6-9-21/h4-10,14,20,22H,11-13,15-19H2,1-3H3,(H,27,31). The van der Waals surface area contributed by atoms with Crippen molar-refractivity contribution in [3.05, 3.63) is 54.4 Å². The van der Waals surface area contributed by atoms with Crippen molar-refractivity contribution in [2.75, 3.05) is 37.6 Å². The molecule has 0 bridgehead atoms. The van der Waals surface area contributed by atoms with Crippen molar-refractivity contribution in [3.8, 4) is 0 Å². The van der Waals surface area contributed by atoms with Crippen LogP contribution < -0.4 is 10.2 Å². The molecule has 2 aromatic rings. The zero-order valence-corrected chi connectivity index (χ0v) is 20.0. The number of likely N-dealkylation sites (tertiary alicyclic amines) is 1. The number of aromatic nitrogens is 1. The third kappa shape index (κ3) is 5.89. The van der Waals surface area contributed by atoms with Gasteiger partial charge in [-0.05, 0) is 70.2 Å². The molecule has 7 nitrogen and oxygen atoms in total. The van der Waals surface area contributed by atoms with Crippen LogP contribution in [0, 0.1) is 5.92 Å². The van der Waals surface area contributed by atoms with Crippen molar-refractivity contribution in [3.63, 3.8) is 0 Å². The summed E-state index contributed by atoms with van der Waals surface area (Å²) in [6.45, 7) is 9.59. The summed E-state index contributed by atoms with van der Waals surface area (Å²) in [5.41, 5.74) is 1.46. The molecular weight excluding hydrogens is 416 g/mol. The van der Waals surface area contributed by atoms with E-state index in [-0.39, 0.29) is 18.0 Å². The van der Waals surface area contributed by atoms with Crippen molar-refractivity contribution in [1.82, 2.24) is 14.8 Å². The predicted octanol–water partition coefficient (Wildman–Crippen LogP) is 4.32. The van der Waals surface area contributed by atoms with Crippen LogP contribution in [0.3, 0.4) is 0 Å². The first-order valence-corrected chi connectivity index (χ1v) is 12.0. The molecule has 2 fully saturated rings. The Labute approximate surface area is 196 Å². The Kier molecular flexibility index (Phi) is 6.96. The average Bonchev–Trinajstić information content (AvgIpc) is 3.47. The van der Waals surface area contributed by atoms with E-state index in [0.29, 0.717) is 31.2 Å². The van der Waals surface area contributed by atoms with E-state index >= 15 is 0 Å². The van der Waals surface area contributed by atoms with E-state index in [1.165, 1.54) is 5.69 Å². The third-order valence-electron chi connectivity index (χ3n) is 6.48. The minimum absolute atomic E-state index is 0.0206. The van der Waals surface area contributed by atoms with Crippen LogP contribution in [0.2, 0.25) is 0 Å². The van der Waals surface area contributed by atoms with E-state index in [1.54, 1.807) is 4.90 Å². The number of carbonyl (C=O) groups is 2. The monoisotopic (exact) mass is 452 g/mol. The maximum atomic E-state index is 13.0. The lowest BCUT2D eigenvalue weighted by Crippen LogP contribution is -2.42. The molecule has 2 aliphatic heterocycles. The van der Waals surface area contributed by atoms with Crippen LogP contribution in [-0.4, -0.2) is 59.8 Å². The number of amides is 2. The summed E-state index contributed by atoms with van der Waals surface area (Å²) in [5.74, 6) is 0.433. The number of ether oxygens (including phenoxy) is 1. The van der Waals surface area contributed by atoms with Gasteiger partial charge in [-0.2, -0.15) is 0 Å². The first kappa shape index (κ1) is 23.2. The van der Waals surface area contributed by atoms with Gasteiger partial charge in [0.25, 0.3) is 5.91 Å². The van der Waals surface area contributed by atoms with Gasteiger partial charge in [0, 0.05) is 50.6 Å². The second-order valence-corrected chi connectivity index (χ2v) is 10.1. The number of piperidine rings is 1.